The lowest BCUT2D eigenvalue weighted by atomic mass is 9.98. The lowest BCUT2D eigenvalue weighted by Crippen LogP contribution is -2.31. The summed E-state index contributed by atoms with van der Waals surface area (Å²) >= 11 is 0. The van der Waals surface area contributed by atoms with E-state index in [-0.39, 0.29) is 0 Å². The van der Waals surface area contributed by atoms with E-state index < -0.39 is 0 Å². The predicted molar refractivity (Wildman–Crippen MR) is 87.8 cm³/mol. The van der Waals surface area contributed by atoms with E-state index in [0.29, 0.717) is 29.6 Å². The summed E-state index contributed by atoms with van der Waals surface area (Å²) in [5, 5.41) is 0. The second-order valence-electron chi connectivity index (χ2n) is 7.20. The predicted octanol–water partition coefficient (Wildman–Crippen LogP) is 3.07. The maximum Gasteiger partial charge on any atom is 0.226 e. The fraction of sp³-hybridized carbons (Fsp3) is 0.632. The minimum atomic E-state index is 0.349. The van der Waals surface area contributed by atoms with Crippen molar-refractivity contribution in [3.8, 4) is 11.5 Å². The van der Waals surface area contributed by atoms with Crippen LogP contribution in [-0.4, -0.2) is 38.1 Å². The van der Waals surface area contributed by atoms with E-state index >= 15 is 0 Å². The van der Waals surface area contributed by atoms with Gasteiger partial charge in [0.1, 0.15) is 11.5 Å². The van der Waals surface area contributed by atoms with Gasteiger partial charge < -0.3 is 14.4 Å². The van der Waals surface area contributed by atoms with Crippen LogP contribution in [0.4, 0.5) is 0 Å². The number of methoxy groups -OCH3 is 2. The number of amides is 1. The van der Waals surface area contributed by atoms with Crippen molar-refractivity contribution in [1.29, 1.82) is 0 Å². The average Bonchev–Trinajstić information content (AvgIpc) is 3.00. The second kappa shape index (κ2) is 5.73. The van der Waals surface area contributed by atoms with Gasteiger partial charge in [-0.15, -0.1) is 0 Å². The smallest absolute Gasteiger partial charge is 0.226 e. The maximum absolute atomic E-state index is 12.7. The van der Waals surface area contributed by atoms with E-state index in [1.165, 1.54) is 24.8 Å². The zero-order chi connectivity index (χ0) is 16.0. The Morgan fingerprint density at radius 3 is 2.30 bits per heavy atom. The molecule has 2 saturated carbocycles. The van der Waals surface area contributed by atoms with Crippen LogP contribution in [0.5, 0.6) is 11.5 Å². The van der Waals surface area contributed by atoms with Crippen LogP contribution >= 0.6 is 0 Å². The van der Waals surface area contributed by atoms with Crippen molar-refractivity contribution in [3.05, 3.63) is 23.8 Å². The summed E-state index contributed by atoms with van der Waals surface area (Å²) in [5.74, 6) is 4.21. The van der Waals surface area contributed by atoms with Gasteiger partial charge in [-0.2, -0.15) is 0 Å². The molecule has 1 aromatic rings. The SMILES string of the molecule is COc1cc(OC)cc([C@@H]2CCN(C(=O)C3[C@H]4CCC[C@@H]34)C2)c1. The molecule has 1 heterocycles. The van der Waals surface area contributed by atoms with Crippen molar-refractivity contribution in [2.24, 2.45) is 17.8 Å². The Morgan fingerprint density at radius 1 is 1.04 bits per heavy atom. The van der Waals surface area contributed by atoms with Crippen LogP contribution in [0, 0.1) is 17.8 Å². The van der Waals surface area contributed by atoms with Crippen molar-refractivity contribution in [2.45, 2.75) is 31.6 Å². The molecule has 0 radical (unpaired) electrons. The van der Waals surface area contributed by atoms with Crippen LogP contribution < -0.4 is 9.47 Å². The van der Waals surface area contributed by atoms with E-state index in [4.69, 9.17) is 9.47 Å². The first-order valence-corrected chi connectivity index (χ1v) is 8.73. The highest BCUT2D eigenvalue weighted by atomic mass is 16.5. The number of nitrogens with zero attached hydrogens (tertiary/aromatic N) is 1. The van der Waals surface area contributed by atoms with Gasteiger partial charge in [0.2, 0.25) is 5.91 Å². The Bertz CT molecular complexity index is 582. The van der Waals surface area contributed by atoms with Crippen molar-refractivity contribution < 1.29 is 14.3 Å². The van der Waals surface area contributed by atoms with Crippen LogP contribution in [0.2, 0.25) is 0 Å². The molecule has 4 nitrogen and oxygen atoms in total. The molecule has 3 aliphatic rings. The first-order chi connectivity index (χ1) is 11.2. The number of rotatable bonds is 4. The summed E-state index contributed by atoms with van der Waals surface area (Å²) in [6.45, 7) is 1.73. The first kappa shape index (κ1) is 14.9. The summed E-state index contributed by atoms with van der Waals surface area (Å²) in [6, 6.07) is 6.05. The molecule has 0 spiro atoms. The monoisotopic (exact) mass is 315 g/mol. The molecule has 1 aliphatic heterocycles. The molecule has 4 rings (SSSR count). The third-order valence-corrected chi connectivity index (χ3v) is 6.04. The van der Waals surface area contributed by atoms with Crippen molar-refractivity contribution in [1.82, 2.24) is 4.90 Å². The third-order valence-electron chi connectivity index (χ3n) is 6.04. The second-order valence-corrected chi connectivity index (χ2v) is 7.20. The molecule has 0 bridgehead atoms. The molecule has 0 aromatic heterocycles. The zero-order valence-electron chi connectivity index (χ0n) is 14.0. The van der Waals surface area contributed by atoms with E-state index in [9.17, 15) is 4.79 Å². The lowest BCUT2D eigenvalue weighted by molar-refractivity contribution is -0.132. The van der Waals surface area contributed by atoms with Crippen molar-refractivity contribution in [2.75, 3.05) is 27.3 Å². The Hall–Kier alpha value is -1.71. The number of hydrogen-bond donors (Lipinski definition) is 0. The fourth-order valence-corrected chi connectivity index (χ4v) is 4.70. The molecule has 4 atom stereocenters. The highest BCUT2D eigenvalue weighted by Gasteiger charge is 2.57. The standard InChI is InChI=1S/C19H25NO3/c1-22-14-8-13(9-15(10-14)23-2)12-6-7-20(11-12)19(21)18-16-4-3-5-17(16)18/h8-10,12,16-18H,3-7,11H2,1-2H3/t12-,16-,17+,18?/m1/s1. The molecule has 1 amide bonds. The molecular formula is C19H25NO3. The van der Waals surface area contributed by atoms with E-state index in [1.807, 2.05) is 6.07 Å². The van der Waals surface area contributed by atoms with E-state index in [1.54, 1.807) is 14.2 Å². The number of ether oxygens (including phenoxy) is 2. The van der Waals surface area contributed by atoms with Gasteiger partial charge in [-0.05, 0) is 48.8 Å². The maximum atomic E-state index is 12.7. The highest BCUT2D eigenvalue weighted by Crippen LogP contribution is 2.58. The van der Waals surface area contributed by atoms with Gasteiger partial charge in [0.25, 0.3) is 0 Å². The lowest BCUT2D eigenvalue weighted by Gasteiger charge is -2.18. The van der Waals surface area contributed by atoms with E-state index in [0.717, 1.165) is 31.0 Å². The molecule has 2 aliphatic carbocycles. The minimum absolute atomic E-state index is 0.349. The minimum Gasteiger partial charge on any atom is -0.497 e. The molecule has 1 unspecified atom stereocenters. The molecule has 1 saturated heterocycles. The molecule has 1 aromatic carbocycles. The van der Waals surface area contributed by atoms with Gasteiger partial charge in [-0.25, -0.2) is 0 Å². The topological polar surface area (TPSA) is 38.8 Å². The number of carbonyl (C=O) groups is 1. The van der Waals surface area contributed by atoms with Gasteiger partial charge in [-0.3, -0.25) is 4.79 Å². The van der Waals surface area contributed by atoms with E-state index in [2.05, 4.69) is 17.0 Å². The number of benzene rings is 1. The van der Waals surface area contributed by atoms with Crippen molar-refractivity contribution >= 4 is 5.91 Å². The van der Waals surface area contributed by atoms with Gasteiger partial charge in [-0.1, -0.05) is 6.42 Å². The molecule has 3 fully saturated rings. The van der Waals surface area contributed by atoms with Crippen LogP contribution in [0.25, 0.3) is 0 Å². The summed E-state index contributed by atoms with van der Waals surface area (Å²) in [6.07, 6.45) is 4.90. The number of likely N-dealkylation sites (tertiary alicyclic amines) is 1. The number of hydrogen-bond acceptors (Lipinski definition) is 3. The largest absolute Gasteiger partial charge is 0.497 e. The van der Waals surface area contributed by atoms with Crippen LogP contribution in [-0.2, 0) is 4.79 Å². The zero-order valence-corrected chi connectivity index (χ0v) is 14.0. The summed E-state index contributed by atoms with van der Waals surface area (Å²) < 4.78 is 10.7. The first-order valence-electron chi connectivity index (χ1n) is 8.73. The van der Waals surface area contributed by atoms with Gasteiger partial charge in [0.15, 0.2) is 0 Å². The van der Waals surface area contributed by atoms with Crippen LogP contribution in [0.1, 0.15) is 37.2 Å². The Kier molecular flexibility index (Phi) is 3.70. The fourth-order valence-electron chi connectivity index (χ4n) is 4.70. The van der Waals surface area contributed by atoms with Crippen LogP contribution in [0.15, 0.2) is 18.2 Å². The third kappa shape index (κ3) is 2.58. The van der Waals surface area contributed by atoms with Gasteiger partial charge in [0.05, 0.1) is 14.2 Å². The highest BCUT2D eigenvalue weighted by molar-refractivity contribution is 5.83. The molecule has 0 N–H and O–H groups in total. The Morgan fingerprint density at radius 2 is 1.70 bits per heavy atom. The Labute approximate surface area is 137 Å². The van der Waals surface area contributed by atoms with Gasteiger partial charge in [0, 0.05) is 31.0 Å². The normalized spacial score (nSPS) is 31.8. The number of carbonyl (C=O) groups excluding carboxylic acids is 1. The number of fused-ring (bicyclic) bond motifs is 1. The quantitative estimate of drug-likeness (QED) is 0.857. The Balaban J connectivity index is 1.45. The van der Waals surface area contributed by atoms with Crippen molar-refractivity contribution in [3.63, 3.8) is 0 Å². The summed E-state index contributed by atoms with van der Waals surface area (Å²) in [4.78, 5) is 14.8. The summed E-state index contributed by atoms with van der Waals surface area (Å²) in [7, 11) is 3.35. The average molecular weight is 315 g/mol. The van der Waals surface area contributed by atoms with Gasteiger partial charge >= 0.3 is 0 Å². The summed E-state index contributed by atoms with van der Waals surface area (Å²) in [5.41, 5.74) is 1.22. The van der Waals surface area contributed by atoms with Crippen LogP contribution in [0.3, 0.4) is 0 Å². The molecular weight excluding hydrogens is 290 g/mol. The molecule has 23 heavy (non-hydrogen) atoms. The molecule has 124 valence electrons. The molecule has 4 heteroatoms.